The first-order valence-corrected chi connectivity index (χ1v) is 7.29. The fourth-order valence-corrected chi connectivity index (χ4v) is 2.70. The second kappa shape index (κ2) is 6.71. The van der Waals surface area contributed by atoms with Gasteiger partial charge in [-0.2, -0.15) is 0 Å². The van der Waals surface area contributed by atoms with Crippen molar-refractivity contribution in [3.8, 4) is 0 Å². The number of piperidine rings is 1. The molecule has 1 aromatic rings. The number of hydrogen-bond donors (Lipinski definition) is 1. The van der Waals surface area contributed by atoms with Crippen molar-refractivity contribution >= 4 is 5.91 Å². The zero-order valence-electron chi connectivity index (χ0n) is 11.9. The lowest BCUT2D eigenvalue weighted by atomic mass is 10.00. The zero-order chi connectivity index (χ0) is 13.7. The zero-order valence-corrected chi connectivity index (χ0v) is 11.9. The average Bonchev–Trinajstić information content (AvgIpc) is 2.48. The van der Waals surface area contributed by atoms with Gasteiger partial charge in [-0.3, -0.25) is 9.69 Å². The lowest BCUT2D eigenvalue weighted by Crippen LogP contribution is -2.45. The Kier molecular flexibility index (Phi) is 4.97. The van der Waals surface area contributed by atoms with E-state index in [0.29, 0.717) is 18.5 Å². The third kappa shape index (κ3) is 3.80. The van der Waals surface area contributed by atoms with E-state index in [2.05, 4.69) is 47.5 Å². The topological polar surface area (TPSA) is 32.3 Å². The highest BCUT2D eigenvalue weighted by molar-refractivity contribution is 5.75. The number of hydrogen-bond acceptors (Lipinski definition) is 2. The summed E-state index contributed by atoms with van der Waals surface area (Å²) in [7, 11) is 0. The summed E-state index contributed by atoms with van der Waals surface area (Å²) in [4.78, 5) is 13.9. The molecule has 1 aliphatic heterocycles. The Hall–Kier alpha value is -1.35. The summed E-state index contributed by atoms with van der Waals surface area (Å²) in [5, 5.41) is 3.10. The van der Waals surface area contributed by atoms with Gasteiger partial charge in [0.15, 0.2) is 0 Å². The molecule has 1 saturated heterocycles. The van der Waals surface area contributed by atoms with Gasteiger partial charge in [0.25, 0.3) is 0 Å². The van der Waals surface area contributed by atoms with Crippen LogP contribution in [0, 0.1) is 0 Å². The van der Waals surface area contributed by atoms with Crippen LogP contribution in [0.5, 0.6) is 0 Å². The Balaban J connectivity index is 1.84. The van der Waals surface area contributed by atoms with Gasteiger partial charge in [-0.05, 0) is 25.3 Å². The van der Waals surface area contributed by atoms with Crippen LogP contribution in [0.15, 0.2) is 30.3 Å². The summed E-state index contributed by atoms with van der Waals surface area (Å²) in [6, 6.07) is 11.5. The van der Waals surface area contributed by atoms with E-state index in [4.69, 9.17) is 0 Å². The third-order valence-electron chi connectivity index (χ3n) is 4.05. The van der Waals surface area contributed by atoms with Crippen LogP contribution < -0.4 is 5.32 Å². The highest BCUT2D eigenvalue weighted by Crippen LogP contribution is 2.23. The van der Waals surface area contributed by atoms with Crippen LogP contribution in [0.1, 0.15) is 44.7 Å². The van der Waals surface area contributed by atoms with Gasteiger partial charge in [0.1, 0.15) is 0 Å². The van der Waals surface area contributed by atoms with Gasteiger partial charge in [-0.25, -0.2) is 0 Å². The number of nitrogens with one attached hydrogen (secondary N) is 1. The van der Waals surface area contributed by atoms with Crippen LogP contribution in [-0.4, -0.2) is 29.9 Å². The molecule has 19 heavy (non-hydrogen) atoms. The molecule has 0 aromatic heterocycles. The lowest BCUT2D eigenvalue weighted by molar-refractivity contribution is -0.121. The van der Waals surface area contributed by atoms with E-state index in [0.717, 1.165) is 25.9 Å². The predicted octanol–water partition coefficient (Wildman–Crippen LogP) is 2.74. The Morgan fingerprint density at radius 1 is 1.32 bits per heavy atom. The van der Waals surface area contributed by atoms with Crippen LogP contribution >= 0.6 is 0 Å². The standard InChI is InChI=1S/C16H24N2O/c1-3-16(19)17-15-9-11-18(12-10-15)13(2)14-7-5-4-6-8-14/h4-8,13,15H,3,9-12H2,1-2H3,(H,17,19). The summed E-state index contributed by atoms with van der Waals surface area (Å²) in [6.45, 7) is 6.29. The fraction of sp³-hybridized carbons (Fsp3) is 0.562. The molecular formula is C16H24N2O. The van der Waals surface area contributed by atoms with Crippen molar-refractivity contribution in [3.05, 3.63) is 35.9 Å². The summed E-state index contributed by atoms with van der Waals surface area (Å²) in [6.07, 6.45) is 2.70. The SMILES string of the molecule is CCC(=O)NC1CCN(C(C)c2ccccc2)CC1. The summed E-state index contributed by atoms with van der Waals surface area (Å²) in [5.41, 5.74) is 1.37. The summed E-state index contributed by atoms with van der Waals surface area (Å²) < 4.78 is 0. The average molecular weight is 260 g/mol. The van der Waals surface area contributed by atoms with Crippen molar-refractivity contribution in [2.24, 2.45) is 0 Å². The van der Waals surface area contributed by atoms with Crippen molar-refractivity contribution in [3.63, 3.8) is 0 Å². The van der Waals surface area contributed by atoms with E-state index in [1.165, 1.54) is 5.56 Å². The van der Waals surface area contributed by atoms with Crippen LogP contribution in [0.25, 0.3) is 0 Å². The Labute approximate surface area is 116 Å². The molecule has 1 heterocycles. The molecule has 1 aliphatic rings. The molecule has 0 spiro atoms. The maximum atomic E-state index is 11.4. The van der Waals surface area contributed by atoms with Gasteiger partial charge in [-0.1, -0.05) is 37.3 Å². The van der Waals surface area contributed by atoms with Crippen LogP contribution in [0.4, 0.5) is 0 Å². The molecule has 3 nitrogen and oxygen atoms in total. The van der Waals surface area contributed by atoms with E-state index in [1.807, 2.05) is 6.92 Å². The first-order chi connectivity index (χ1) is 9.20. The van der Waals surface area contributed by atoms with Crippen molar-refractivity contribution < 1.29 is 4.79 Å². The van der Waals surface area contributed by atoms with Gasteiger partial charge in [0, 0.05) is 31.6 Å². The molecule has 0 radical (unpaired) electrons. The monoisotopic (exact) mass is 260 g/mol. The Morgan fingerprint density at radius 3 is 2.53 bits per heavy atom. The summed E-state index contributed by atoms with van der Waals surface area (Å²) in [5.74, 6) is 0.176. The quantitative estimate of drug-likeness (QED) is 0.903. The van der Waals surface area contributed by atoms with E-state index >= 15 is 0 Å². The fourth-order valence-electron chi connectivity index (χ4n) is 2.70. The van der Waals surface area contributed by atoms with Crippen LogP contribution in [0.2, 0.25) is 0 Å². The predicted molar refractivity (Wildman–Crippen MR) is 77.9 cm³/mol. The summed E-state index contributed by atoms with van der Waals surface area (Å²) >= 11 is 0. The normalized spacial score (nSPS) is 19.1. The van der Waals surface area contributed by atoms with Crippen molar-refractivity contribution in [1.29, 1.82) is 0 Å². The highest BCUT2D eigenvalue weighted by atomic mass is 16.1. The molecule has 104 valence electrons. The smallest absolute Gasteiger partial charge is 0.219 e. The number of nitrogens with zero attached hydrogens (tertiary/aromatic N) is 1. The van der Waals surface area contributed by atoms with Crippen molar-refractivity contribution in [2.75, 3.05) is 13.1 Å². The maximum Gasteiger partial charge on any atom is 0.219 e. The van der Waals surface area contributed by atoms with Gasteiger partial charge >= 0.3 is 0 Å². The number of likely N-dealkylation sites (tertiary alicyclic amines) is 1. The van der Waals surface area contributed by atoms with Crippen molar-refractivity contribution in [1.82, 2.24) is 10.2 Å². The Morgan fingerprint density at radius 2 is 1.95 bits per heavy atom. The van der Waals surface area contributed by atoms with Gasteiger partial charge in [-0.15, -0.1) is 0 Å². The third-order valence-corrected chi connectivity index (χ3v) is 4.05. The molecule has 0 bridgehead atoms. The molecule has 1 unspecified atom stereocenters. The molecule has 1 N–H and O–H groups in total. The number of amides is 1. The molecular weight excluding hydrogens is 236 g/mol. The number of rotatable bonds is 4. The molecule has 2 rings (SSSR count). The number of carbonyl (C=O) groups excluding carboxylic acids is 1. The molecule has 1 amide bonds. The maximum absolute atomic E-state index is 11.4. The van der Waals surface area contributed by atoms with E-state index in [1.54, 1.807) is 0 Å². The minimum Gasteiger partial charge on any atom is -0.353 e. The molecule has 1 aromatic carbocycles. The molecule has 1 fully saturated rings. The van der Waals surface area contributed by atoms with E-state index in [-0.39, 0.29) is 5.91 Å². The molecule has 1 atom stereocenters. The van der Waals surface area contributed by atoms with Gasteiger partial charge in [0.05, 0.1) is 0 Å². The van der Waals surface area contributed by atoms with Gasteiger partial charge < -0.3 is 5.32 Å². The van der Waals surface area contributed by atoms with E-state index in [9.17, 15) is 4.79 Å². The van der Waals surface area contributed by atoms with Crippen LogP contribution in [-0.2, 0) is 4.79 Å². The second-order valence-electron chi connectivity index (χ2n) is 5.32. The largest absolute Gasteiger partial charge is 0.353 e. The molecule has 0 saturated carbocycles. The Bertz CT molecular complexity index is 396. The lowest BCUT2D eigenvalue weighted by Gasteiger charge is -2.36. The minimum absolute atomic E-state index is 0.176. The highest BCUT2D eigenvalue weighted by Gasteiger charge is 2.23. The minimum atomic E-state index is 0.176. The first-order valence-electron chi connectivity index (χ1n) is 7.29. The number of benzene rings is 1. The van der Waals surface area contributed by atoms with Crippen molar-refractivity contribution in [2.45, 2.75) is 45.2 Å². The number of carbonyl (C=O) groups is 1. The van der Waals surface area contributed by atoms with Crippen LogP contribution in [0.3, 0.4) is 0 Å². The first kappa shape index (κ1) is 14.1. The van der Waals surface area contributed by atoms with E-state index < -0.39 is 0 Å². The second-order valence-corrected chi connectivity index (χ2v) is 5.32. The van der Waals surface area contributed by atoms with Gasteiger partial charge in [0.2, 0.25) is 5.91 Å². The molecule has 0 aliphatic carbocycles. The molecule has 3 heteroatoms.